The quantitative estimate of drug-likeness (QED) is 0.662. The molecule has 0 aliphatic heterocycles. The summed E-state index contributed by atoms with van der Waals surface area (Å²) in [5, 5.41) is 23.0. The lowest BCUT2D eigenvalue weighted by Crippen LogP contribution is -2.04. The Balaban J connectivity index is 2.46. The van der Waals surface area contributed by atoms with Crippen molar-refractivity contribution in [2.75, 3.05) is 5.32 Å². The minimum atomic E-state index is -1.29. The second kappa shape index (κ2) is 5.76. The number of aryl methyl sites for hydroxylation is 1. The molecule has 0 atom stereocenters. The number of hydrogen-bond donors (Lipinski definition) is 2. The van der Waals surface area contributed by atoms with Gasteiger partial charge in [0.2, 0.25) is 5.82 Å². The number of halogens is 1. The molecule has 1 aromatic heterocycles. The van der Waals surface area contributed by atoms with Crippen molar-refractivity contribution in [2.45, 2.75) is 6.92 Å². The van der Waals surface area contributed by atoms with Gasteiger partial charge in [-0.3, -0.25) is 10.1 Å². The van der Waals surface area contributed by atoms with Crippen molar-refractivity contribution < 1.29 is 14.8 Å². The van der Waals surface area contributed by atoms with E-state index in [2.05, 4.69) is 10.3 Å². The molecule has 0 saturated carbocycles. The Bertz CT molecular complexity index is 733. The minimum Gasteiger partial charge on any atom is -0.478 e. The van der Waals surface area contributed by atoms with Crippen molar-refractivity contribution in [1.29, 1.82) is 0 Å². The second-order valence-electron chi connectivity index (χ2n) is 4.26. The number of nitro groups is 1. The normalized spacial score (nSPS) is 10.2. The van der Waals surface area contributed by atoms with Gasteiger partial charge in [-0.25, -0.2) is 9.78 Å². The van der Waals surface area contributed by atoms with Gasteiger partial charge in [0.25, 0.3) is 0 Å². The van der Waals surface area contributed by atoms with Crippen LogP contribution in [0.25, 0.3) is 0 Å². The van der Waals surface area contributed by atoms with Crippen LogP contribution in [0.2, 0.25) is 5.02 Å². The Morgan fingerprint density at radius 1 is 1.43 bits per heavy atom. The SMILES string of the molecule is Cc1ccc(Cl)c(Nc2ncc(C(=O)O)cc2[N+](=O)[O-])c1. The topological polar surface area (TPSA) is 105 Å². The first-order valence-corrected chi connectivity index (χ1v) is 6.17. The highest BCUT2D eigenvalue weighted by atomic mass is 35.5. The first-order valence-electron chi connectivity index (χ1n) is 5.79. The minimum absolute atomic E-state index is 0.0718. The lowest BCUT2D eigenvalue weighted by molar-refractivity contribution is -0.384. The molecule has 0 saturated heterocycles. The molecule has 0 fully saturated rings. The highest BCUT2D eigenvalue weighted by molar-refractivity contribution is 6.33. The summed E-state index contributed by atoms with van der Waals surface area (Å²) in [7, 11) is 0. The van der Waals surface area contributed by atoms with Crippen LogP contribution < -0.4 is 5.32 Å². The highest BCUT2D eigenvalue weighted by Gasteiger charge is 2.19. The van der Waals surface area contributed by atoms with Crippen LogP contribution in [0.3, 0.4) is 0 Å². The first kappa shape index (κ1) is 14.7. The maximum Gasteiger partial charge on any atom is 0.337 e. The number of carboxylic acids is 1. The number of nitrogens with one attached hydrogen (secondary N) is 1. The molecule has 0 radical (unpaired) electrons. The molecule has 21 heavy (non-hydrogen) atoms. The third-order valence-electron chi connectivity index (χ3n) is 2.69. The lowest BCUT2D eigenvalue weighted by Gasteiger charge is -2.09. The van der Waals surface area contributed by atoms with E-state index in [9.17, 15) is 14.9 Å². The Morgan fingerprint density at radius 2 is 2.14 bits per heavy atom. The number of rotatable bonds is 4. The third kappa shape index (κ3) is 3.26. The fourth-order valence-electron chi connectivity index (χ4n) is 1.67. The van der Waals surface area contributed by atoms with Crippen LogP contribution in [0.5, 0.6) is 0 Å². The van der Waals surface area contributed by atoms with Crippen molar-refractivity contribution in [3.63, 3.8) is 0 Å². The zero-order chi connectivity index (χ0) is 15.6. The summed E-state index contributed by atoms with van der Waals surface area (Å²) < 4.78 is 0. The van der Waals surface area contributed by atoms with E-state index in [-0.39, 0.29) is 11.4 Å². The maximum absolute atomic E-state index is 11.0. The second-order valence-corrected chi connectivity index (χ2v) is 4.67. The Morgan fingerprint density at radius 3 is 2.76 bits per heavy atom. The molecule has 0 amide bonds. The summed E-state index contributed by atoms with van der Waals surface area (Å²) in [5.74, 6) is -1.36. The molecular formula is C13H10ClN3O4. The number of benzene rings is 1. The Hall–Kier alpha value is -2.67. The van der Waals surface area contributed by atoms with Crippen molar-refractivity contribution in [3.8, 4) is 0 Å². The summed E-state index contributed by atoms with van der Waals surface area (Å²) in [6.45, 7) is 1.84. The van der Waals surface area contributed by atoms with Crippen LogP contribution in [0.15, 0.2) is 30.5 Å². The van der Waals surface area contributed by atoms with E-state index in [0.717, 1.165) is 17.8 Å². The molecule has 0 aliphatic rings. The van der Waals surface area contributed by atoms with Crippen LogP contribution >= 0.6 is 11.6 Å². The van der Waals surface area contributed by atoms with Gasteiger partial charge in [0, 0.05) is 12.3 Å². The summed E-state index contributed by atoms with van der Waals surface area (Å²) in [4.78, 5) is 25.0. The molecule has 0 aliphatic carbocycles. The zero-order valence-electron chi connectivity index (χ0n) is 10.8. The molecular weight excluding hydrogens is 298 g/mol. The number of aromatic nitrogens is 1. The van der Waals surface area contributed by atoms with Crippen LogP contribution in [0.1, 0.15) is 15.9 Å². The highest BCUT2D eigenvalue weighted by Crippen LogP contribution is 2.30. The maximum atomic E-state index is 11.0. The van der Waals surface area contributed by atoms with E-state index in [1.807, 2.05) is 6.92 Å². The molecule has 2 N–H and O–H groups in total. The molecule has 0 bridgehead atoms. The first-order chi connectivity index (χ1) is 9.88. The van der Waals surface area contributed by atoms with Gasteiger partial charge in [-0.2, -0.15) is 0 Å². The number of hydrogen-bond acceptors (Lipinski definition) is 5. The van der Waals surface area contributed by atoms with Crippen molar-refractivity contribution in [2.24, 2.45) is 0 Å². The fraction of sp³-hybridized carbons (Fsp3) is 0.0769. The number of nitrogens with zero attached hydrogens (tertiary/aromatic N) is 2. The average molecular weight is 308 g/mol. The number of anilines is 2. The van der Waals surface area contributed by atoms with Crippen LogP contribution in [-0.4, -0.2) is 21.0 Å². The Kier molecular flexibility index (Phi) is 4.04. The van der Waals surface area contributed by atoms with Gasteiger partial charge in [0.05, 0.1) is 21.2 Å². The summed E-state index contributed by atoms with van der Waals surface area (Å²) >= 11 is 6.01. The van der Waals surface area contributed by atoms with Gasteiger partial charge < -0.3 is 10.4 Å². The van der Waals surface area contributed by atoms with Gasteiger partial charge in [-0.05, 0) is 24.6 Å². The number of aromatic carboxylic acids is 1. The lowest BCUT2D eigenvalue weighted by atomic mass is 10.2. The van der Waals surface area contributed by atoms with Gasteiger partial charge in [0.15, 0.2) is 0 Å². The zero-order valence-corrected chi connectivity index (χ0v) is 11.6. The number of pyridine rings is 1. The van der Waals surface area contributed by atoms with Gasteiger partial charge in [-0.1, -0.05) is 17.7 Å². The summed E-state index contributed by atoms with van der Waals surface area (Å²) in [5.41, 5.74) is 0.664. The van der Waals surface area contributed by atoms with Crippen molar-refractivity contribution in [3.05, 3.63) is 56.7 Å². The predicted octanol–water partition coefficient (Wildman–Crippen LogP) is 3.39. The van der Waals surface area contributed by atoms with Crippen molar-refractivity contribution in [1.82, 2.24) is 4.98 Å². The molecule has 1 heterocycles. The molecule has 0 unspecified atom stereocenters. The predicted molar refractivity (Wildman–Crippen MR) is 77.3 cm³/mol. The van der Waals surface area contributed by atoms with Crippen LogP contribution in [-0.2, 0) is 0 Å². The van der Waals surface area contributed by atoms with Gasteiger partial charge >= 0.3 is 11.7 Å². The average Bonchev–Trinajstić information content (AvgIpc) is 2.42. The van der Waals surface area contributed by atoms with Gasteiger partial charge in [0.1, 0.15) is 0 Å². The largest absolute Gasteiger partial charge is 0.478 e. The smallest absolute Gasteiger partial charge is 0.337 e. The summed E-state index contributed by atoms with van der Waals surface area (Å²) in [6, 6.07) is 6.10. The summed E-state index contributed by atoms with van der Waals surface area (Å²) in [6.07, 6.45) is 1.04. The van der Waals surface area contributed by atoms with E-state index in [0.29, 0.717) is 10.7 Å². The number of carbonyl (C=O) groups is 1. The molecule has 0 spiro atoms. The molecule has 7 nitrogen and oxygen atoms in total. The van der Waals surface area contributed by atoms with E-state index in [1.165, 1.54) is 0 Å². The third-order valence-corrected chi connectivity index (χ3v) is 3.02. The van der Waals surface area contributed by atoms with E-state index in [4.69, 9.17) is 16.7 Å². The molecule has 8 heteroatoms. The van der Waals surface area contributed by atoms with Crippen LogP contribution in [0, 0.1) is 17.0 Å². The van der Waals surface area contributed by atoms with Gasteiger partial charge in [-0.15, -0.1) is 0 Å². The van der Waals surface area contributed by atoms with E-state index < -0.39 is 16.6 Å². The number of carboxylic acid groups (broad SMARTS) is 1. The molecule has 1 aromatic carbocycles. The van der Waals surface area contributed by atoms with Crippen molar-refractivity contribution >= 4 is 34.8 Å². The van der Waals surface area contributed by atoms with E-state index >= 15 is 0 Å². The van der Waals surface area contributed by atoms with E-state index in [1.54, 1.807) is 18.2 Å². The standard InChI is InChI=1S/C13H10ClN3O4/c1-7-2-3-9(14)10(4-7)16-12-11(17(20)21)5-8(6-15-12)13(18)19/h2-6H,1H3,(H,15,16)(H,18,19). The molecule has 2 rings (SSSR count). The van der Waals surface area contributed by atoms with Crippen LogP contribution in [0.4, 0.5) is 17.2 Å². The Labute approximate surface area is 124 Å². The monoisotopic (exact) mass is 307 g/mol. The fourth-order valence-corrected chi connectivity index (χ4v) is 1.83. The molecule has 108 valence electrons. The molecule has 2 aromatic rings.